The predicted molar refractivity (Wildman–Crippen MR) is 95.9 cm³/mol. The number of nitrogens with zero attached hydrogens (tertiary/aromatic N) is 3. The van der Waals surface area contributed by atoms with Crippen molar-refractivity contribution in [3.63, 3.8) is 0 Å². The molecular formula is C20H19F2N3. The number of rotatable bonds is 7. The monoisotopic (exact) mass is 339 g/mol. The lowest BCUT2D eigenvalue weighted by atomic mass is 10.1. The predicted octanol–water partition coefficient (Wildman–Crippen LogP) is 5.02. The largest absolute Gasteiger partial charge is 0.205 e. The van der Waals surface area contributed by atoms with Gasteiger partial charge in [-0.3, -0.25) is 0 Å². The molecule has 0 atom stereocenters. The van der Waals surface area contributed by atoms with Gasteiger partial charge in [0.1, 0.15) is 23.3 Å². The average Bonchev–Trinajstić information content (AvgIpc) is 2.60. The van der Waals surface area contributed by atoms with Crippen molar-refractivity contribution in [3.05, 3.63) is 70.3 Å². The molecule has 5 heteroatoms. The van der Waals surface area contributed by atoms with Crippen molar-refractivity contribution in [2.45, 2.75) is 32.6 Å². The maximum absolute atomic E-state index is 13.5. The van der Waals surface area contributed by atoms with Crippen LogP contribution in [0.4, 0.5) is 8.78 Å². The van der Waals surface area contributed by atoms with Crippen LogP contribution in [0.1, 0.15) is 48.4 Å². The lowest BCUT2D eigenvalue weighted by Gasteiger charge is -2.00. The minimum absolute atomic E-state index is 0.206. The van der Waals surface area contributed by atoms with Crippen molar-refractivity contribution in [1.29, 1.82) is 5.26 Å². The number of halogens is 2. The molecule has 0 aromatic heterocycles. The topological polar surface area (TPSA) is 48.5 Å². The van der Waals surface area contributed by atoms with E-state index in [0.717, 1.165) is 24.1 Å². The van der Waals surface area contributed by atoms with Crippen molar-refractivity contribution >= 4 is 12.4 Å². The summed E-state index contributed by atoms with van der Waals surface area (Å²) in [5.41, 5.74) is 1.79. The molecule has 0 fully saturated rings. The summed E-state index contributed by atoms with van der Waals surface area (Å²) in [6.45, 7) is 2.18. The Morgan fingerprint density at radius 2 is 1.56 bits per heavy atom. The van der Waals surface area contributed by atoms with Crippen molar-refractivity contribution in [1.82, 2.24) is 0 Å². The van der Waals surface area contributed by atoms with Crippen LogP contribution in [-0.2, 0) is 6.42 Å². The number of benzene rings is 2. The molecule has 0 aliphatic carbocycles. The second kappa shape index (κ2) is 9.43. The summed E-state index contributed by atoms with van der Waals surface area (Å²) >= 11 is 0. The highest BCUT2D eigenvalue weighted by Gasteiger charge is 2.09. The van der Waals surface area contributed by atoms with E-state index in [1.807, 2.05) is 12.1 Å². The maximum atomic E-state index is 13.5. The molecule has 2 aromatic rings. The van der Waals surface area contributed by atoms with Crippen LogP contribution in [0, 0.1) is 23.0 Å². The van der Waals surface area contributed by atoms with E-state index < -0.39 is 17.2 Å². The first-order chi connectivity index (χ1) is 12.1. The molecule has 0 N–H and O–H groups in total. The molecule has 0 spiro atoms. The van der Waals surface area contributed by atoms with Crippen LogP contribution in [0.2, 0.25) is 0 Å². The van der Waals surface area contributed by atoms with Gasteiger partial charge in [0, 0.05) is 5.56 Å². The molecule has 2 aromatic carbocycles. The first-order valence-electron chi connectivity index (χ1n) is 8.18. The highest BCUT2D eigenvalue weighted by atomic mass is 19.1. The van der Waals surface area contributed by atoms with Gasteiger partial charge in [-0.05, 0) is 36.1 Å². The van der Waals surface area contributed by atoms with Gasteiger partial charge < -0.3 is 0 Å². The fourth-order valence-corrected chi connectivity index (χ4v) is 2.32. The molecule has 128 valence electrons. The Morgan fingerprint density at radius 3 is 2.12 bits per heavy atom. The fourth-order valence-electron chi connectivity index (χ4n) is 2.32. The van der Waals surface area contributed by atoms with Gasteiger partial charge in [0.25, 0.3) is 0 Å². The molecule has 0 aliphatic rings. The van der Waals surface area contributed by atoms with E-state index in [0.29, 0.717) is 0 Å². The lowest BCUT2D eigenvalue weighted by Crippen LogP contribution is -1.93. The third-order valence-corrected chi connectivity index (χ3v) is 3.71. The molecule has 0 radical (unpaired) electrons. The summed E-state index contributed by atoms with van der Waals surface area (Å²) in [4.78, 5) is 0. The van der Waals surface area contributed by atoms with Gasteiger partial charge in [-0.15, -0.1) is 0 Å². The Balaban J connectivity index is 1.96. The average molecular weight is 339 g/mol. The van der Waals surface area contributed by atoms with Crippen molar-refractivity contribution < 1.29 is 8.78 Å². The Kier molecular flexibility index (Phi) is 6.97. The Morgan fingerprint density at radius 1 is 0.960 bits per heavy atom. The number of aryl methyl sites for hydroxylation is 1. The zero-order valence-corrected chi connectivity index (χ0v) is 14.0. The van der Waals surface area contributed by atoms with Gasteiger partial charge in [-0.2, -0.15) is 15.5 Å². The molecule has 0 saturated heterocycles. The quantitative estimate of drug-likeness (QED) is 0.397. The summed E-state index contributed by atoms with van der Waals surface area (Å²) < 4.78 is 26.9. The van der Waals surface area contributed by atoms with Crippen LogP contribution in [0.25, 0.3) is 0 Å². The van der Waals surface area contributed by atoms with Gasteiger partial charge in [-0.25, -0.2) is 8.78 Å². The molecule has 2 rings (SSSR count). The van der Waals surface area contributed by atoms with E-state index in [1.165, 1.54) is 37.1 Å². The van der Waals surface area contributed by atoms with E-state index >= 15 is 0 Å². The van der Waals surface area contributed by atoms with Gasteiger partial charge in [-0.1, -0.05) is 44.0 Å². The summed E-state index contributed by atoms with van der Waals surface area (Å²) in [6, 6.07) is 11.6. The zero-order valence-electron chi connectivity index (χ0n) is 14.0. The third kappa shape index (κ3) is 5.61. The molecular weight excluding hydrogens is 320 g/mol. The number of hydrogen-bond donors (Lipinski definition) is 0. The molecule has 0 aliphatic heterocycles. The molecule has 0 saturated carbocycles. The van der Waals surface area contributed by atoms with Crippen LogP contribution in [-0.4, -0.2) is 12.4 Å². The Bertz CT molecular complexity index is 780. The Labute approximate surface area is 146 Å². The molecule has 0 amide bonds. The van der Waals surface area contributed by atoms with Gasteiger partial charge in [0.2, 0.25) is 0 Å². The molecule has 25 heavy (non-hydrogen) atoms. The normalized spacial score (nSPS) is 11.3. The summed E-state index contributed by atoms with van der Waals surface area (Å²) in [5, 5.41) is 16.3. The van der Waals surface area contributed by atoms with Crippen LogP contribution >= 0.6 is 0 Å². The Hall–Kier alpha value is -2.87. The van der Waals surface area contributed by atoms with Crippen LogP contribution in [0.15, 0.2) is 46.6 Å². The minimum atomic E-state index is -0.911. The SMILES string of the molecule is CCCCCc1ccc(C=NN=Cc2cc(F)c(C#N)c(F)c2)cc1. The first-order valence-corrected chi connectivity index (χ1v) is 8.18. The smallest absolute Gasteiger partial charge is 0.144 e. The lowest BCUT2D eigenvalue weighted by molar-refractivity contribution is 0.576. The first kappa shape index (κ1) is 18.5. The number of unbranched alkanes of at least 4 members (excludes halogenated alkanes) is 2. The van der Waals surface area contributed by atoms with Gasteiger partial charge >= 0.3 is 0 Å². The standard InChI is InChI=1S/C20H19F2N3/c1-2-3-4-5-15-6-8-16(9-7-15)13-24-25-14-17-10-19(21)18(12-23)20(22)11-17/h6-11,13-14H,2-5H2,1H3. The highest BCUT2D eigenvalue weighted by Crippen LogP contribution is 2.13. The maximum Gasteiger partial charge on any atom is 0.144 e. The van der Waals surface area contributed by atoms with Crippen molar-refractivity contribution in [3.8, 4) is 6.07 Å². The minimum Gasteiger partial charge on any atom is -0.205 e. The van der Waals surface area contributed by atoms with E-state index in [2.05, 4.69) is 29.3 Å². The molecule has 0 heterocycles. The van der Waals surface area contributed by atoms with Crippen LogP contribution < -0.4 is 0 Å². The summed E-state index contributed by atoms with van der Waals surface area (Å²) in [7, 11) is 0. The van der Waals surface area contributed by atoms with Crippen LogP contribution in [0.5, 0.6) is 0 Å². The van der Waals surface area contributed by atoms with E-state index in [1.54, 1.807) is 6.21 Å². The van der Waals surface area contributed by atoms with Gasteiger partial charge in [0.05, 0.1) is 12.4 Å². The highest BCUT2D eigenvalue weighted by molar-refractivity contribution is 5.82. The molecule has 0 unspecified atom stereocenters. The van der Waals surface area contributed by atoms with Gasteiger partial charge in [0.15, 0.2) is 0 Å². The summed E-state index contributed by atoms with van der Waals surface area (Å²) in [5.74, 6) is -1.82. The van der Waals surface area contributed by atoms with E-state index in [4.69, 9.17) is 5.26 Å². The number of nitriles is 1. The zero-order chi connectivity index (χ0) is 18.1. The molecule has 0 bridgehead atoms. The third-order valence-electron chi connectivity index (χ3n) is 3.71. The number of hydrogen-bond acceptors (Lipinski definition) is 3. The van der Waals surface area contributed by atoms with E-state index in [9.17, 15) is 8.78 Å². The van der Waals surface area contributed by atoms with E-state index in [-0.39, 0.29) is 5.56 Å². The second-order valence-electron chi connectivity index (χ2n) is 5.66. The summed E-state index contributed by atoms with van der Waals surface area (Å²) in [6.07, 6.45) is 7.50. The van der Waals surface area contributed by atoms with Crippen LogP contribution in [0.3, 0.4) is 0 Å². The van der Waals surface area contributed by atoms with Crippen molar-refractivity contribution in [2.75, 3.05) is 0 Å². The van der Waals surface area contributed by atoms with Crippen molar-refractivity contribution in [2.24, 2.45) is 10.2 Å². The second-order valence-corrected chi connectivity index (χ2v) is 5.66. The molecule has 3 nitrogen and oxygen atoms in total. The fraction of sp³-hybridized carbons (Fsp3) is 0.250.